The molecule has 1 N–H and O–H groups in total. The molecule has 0 aromatic carbocycles. The number of hydrogen-bond donors (Lipinski definition) is 1. The van der Waals surface area contributed by atoms with E-state index in [0.717, 1.165) is 0 Å². The molecule has 0 aliphatic carbocycles. The minimum Gasteiger partial charge on any atom is -0.308 e. The Hall–Kier alpha value is -2.69. The van der Waals surface area contributed by atoms with Gasteiger partial charge in [0.05, 0.1) is 6.20 Å². The molecule has 1 unspecified atom stereocenters. The van der Waals surface area contributed by atoms with E-state index in [1.54, 1.807) is 14.0 Å². The molecule has 1 atom stereocenters. The van der Waals surface area contributed by atoms with Crippen molar-refractivity contribution in [3.63, 3.8) is 0 Å². The van der Waals surface area contributed by atoms with Crippen molar-refractivity contribution in [2.75, 3.05) is 5.32 Å². The smallest absolute Gasteiger partial charge is 0.250 e. The van der Waals surface area contributed by atoms with Crippen LogP contribution in [-0.2, 0) is 11.8 Å². The number of rotatable bonds is 3. The van der Waals surface area contributed by atoms with E-state index in [4.69, 9.17) is 5.26 Å². The number of amides is 1. The Kier molecular flexibility index (Phi) is 3.05. The first kappa shape index (κ1) is 11.8. The molecule has 8 nitrogen and oxygen atoms in total. The van der Waals surface area contributed by atoms with Crippen LogP contribution in [0.5, 0.6) is 0 Å². The summed E-state index contributed by atoms with van der Waals surface area (Å²) in [6.45, 7) is 1.69. The molecule has 92 valence electrons. The van der Waals surface area contributed by atoms with Crippen molar-refractivity contribution in [2.24, 2.45) is 7.05 Å². The van der Waals surface area contributed by atoms with Gasteiger partial charge in [-0.15, -0.1) is 0 Å². The molecule has 1 amide bonds. The van der Waals surface area contributed by atoms with Crippen molar-refractivity contribution in [1.29, 1.82) is 5.26 Å². The van der Waals surface area contributed by atoms with Crippen molar-refractivity contribution >= 4 is 11.7 Å². The summed E-state index contributed by atoms with van der Waals surface area (Å²) < 4.78 is 2.86. The van der Waals surface area contributed by atoms with Crippen LogP contribution in [0.2, 0.25) is 0 Å². The lowest BCUT2D eigenvalue weighted by molar-refractivity contribution is -0.119. The predicted molar refractivity (Wildman–Crippen MR) is 61.3 cm³/mol. The van der Waals surface area contributed by atoms with Crippen molar-refractivity contribution in [3.8, 4) is 6.07 Å². The van der Waals surface area contributed by atoms with Crippen LogP contribution in [0.25, 0.3) is 0 Å². The van der Waals surface area contributed by atoms with E-state index in [1.165, 1.54) is 28.2 Å². The SMILES string of the molecule is CC(C(=O)Nc1c(C#N)cnn1C)n1cncn1. The van der Waals surface area contributed by atoms with Gasteiger partial charge in [0.25, 0.3) is 0 Å². The lowest BCUT2D eigenvalue weighted by atomic mass is 10.3. The Bertz CT molecular complexity index is 592. The van der Waals surface area contributed by atoms with Crippen LogP contribution in [0.15, 0.2) is 18.9 Å². The molecule has 0 aliphatic rings. The van der Waals surface area contributed by atoms with Crippen LogP contribution in [-0.4, -0.2) is 30.5 Å². The number of aromatic nitrogens is 5. The van der Waals surface area contributed by atoms with Crippen LogP contribution in [0.4, 0.5) is 5.82 Å². The summed E-state index contributed by atoms with van der Waals surface area (Å²) in [7, 11) is 1.65. The van der Waals surface area contributed by atoms with E-state index in [0.29, 0.717) is 11.4 Å². The van der Waals surface area contributed by atoms with Crippen LogP contribution in [0, 0.1) is 11.3 Å². The maximum Gasteiger partial charge on any atom is 0.250 e. The van der Waals surface area contributed by atoms with Crippen molar-refractivity contribution in [3.05, 3.63) is 24.4 Å². The molecule has 2 aromatic rings. The normalized spacial score (nSPS) is 11.8. The quantitative estimate of drug-likeness (QED) is 0.825. The molecule has 0 spiro atoms. The van der Waals surface area contributed by atoms with Crippen molar-refractivity contribution in [2.45, 2.75) is 13.0 Å². The van der Waals surface area contributed by atoms with Gasteiger partial charge < -0.3 is 5.32 Å². The van der Waals surface area contributed by atoms with Crippen LogP contribution >= 0.6 is 0 Å². The predicted octanol–water partition coefficient (Wildman–Crippen LogP) is 0.0830. The summed E-state index contributed by atoms with van der Waals surface area (Å²) in [4.78, 5) is 15.8. The molecule has 2 aromatic heterocycles. The Morgan fingerprint density at radius 1 is 1.56 bits per heavy atom. The third-order valence-electron chi connectivity index (χ3n) is 2.51. The monoisotopic (exact) mass is 245 g/mol. The molecular weight excluding hydrogens is 234 g/mol. The fraction of sp³-hybridized carbons (Fsp3) is 0.300. The number of anilines is 1. The van der Waals surface area contributed by atoms with Crippen LogP contribution < -0.4 is 5.32 Å². The summed E-state index contributed by atoms with van der Waals surface area (Å²) in [5, 5.41) is 19.3. The highest BCUT2D eigenvalue weighted by Crippen LogP contribution is 2.14. The minimum absolute atomic E-state index is 0.291. The van der Waals surface area contributed by atoms with Gasteiger partial charge in [-0.1, -0.05) is 0 Å². The largest absolute Gasteiger partial charge is 0.308 e. The van der Waals surface area contributed by atoms with Crippen LogP contribution in [0.3, 0.4) is 0 Å². The van der Waals surface area contributed by atoms with E-state index in [9.17, 15) is 4.79 Å². The van der Waals surface area contributed by atoms with Gasteiger partial charge in [-0.25, -0.2) is 9.67 Å². The molecule has 2 rings (SSSR count). The second kappa shape index (κ2) is 4.67. The molecular formula is C10H11N7O. The molecule has 0 radical (unpaired) electrons. The third-order valence-corrected chi connectivity index (χ3v) is 2.51. The maximum absolute atomic E-state index is 12.0. The van der Waals surface area contributed by atoms with Gasteiger partial charge in [-0.05, 0) is 6.92 Å². The summed E-state index contributed by atoms with van der Waals surface area (Å²) in [6, 6.07) is 1.44. The highest BCUT2D eigenvalue weighted by atomic mass is 16.2. The highest BCUT2D eigenvalue weighted by Gasteiger charge is 2.18. The zero-order valence-corrected chi connectivity index (χ0v) is 9.90. The van der Waals surface area contributed by atoms with E-state index in [-0.39, 0.29) is 5.91 Å². The first-order valence-electron chi connectivity index (χ1n) is 5.20. The maximum atomic E-state index is 12.0. The molecule has 18 heavy (non-hydrogen) atoms. The number of nitrogens with zero attached hydrogens (tertiary/aromatic N) is 6. The van der Waals surface area contributed by atoms with Crippen molar-refractivity contribution < 1.29 is 4.79 Å². The summed E-state index contributed by atoms with van der Waals surface area (Å²) in [5.41, 5.74) is 0.316. The second-order valence-electron chi connectivity index (χ2n) is 3.68. The molecule has 0 fully saturated rings. The average molecular weight is 245 g/mol. The molecule has 8 heteroatoms. The first-order valence-corrected chi connectivity index (χ1v) is 5.20. The summed E-state index contributed by atoms with van der Waals surface area (Å²) >= 11 is 0. The lowest BCUT2D eigenvalue weighted by Gasteiger charge is -2.12. The third kappa shape index (κ3) is 2.06. The number of aryl methyl sites for hydroxylation is 1. The molecule has 0 aliphatic heterocycles. The number of nitriles is 1. The molecule has 0 saturated heterocycles. The number of hydrogen-bond acceptors (Lipinski definition) is 5. The van der Waals surface area contributed by atoms with Gasteiger partial charge in [-0.3, -0.25) is 9.48 Å². The topological polar surface area (TPSA) is 101 Å². The standard InChI is InChI=1S/C10H11N7O/c1-7(17-6-12-5-14-17)10(18)15-9-8(3-11)4-13-16(9)2/h4-7H,1-2H3,(H,15,18). The molecule has 2 heterocycles. The fourth-order valence-electron chi connectivity index (χ4n) is 1.43. The van der Waals surface area contributed by atoms with Crippen molar-refractivity contribution in [1.82, 2.24) is 24.5 Å². The molecule has 0 bridgehead atoms. The zero-order valence-electron chi connectivity index (χ0n) is 9.90. The first-order chi connectivity index (χ1) is 8.63. The van der Waals surface area contributed by atoms with Gasteiger partial charge in [0.15, 0.2) is 0 Å². The summed E-state index contributed by atoms with van der Waals surface area (Å²) in [5.74, 6) is 0.0788. The Balaban J connectivity index is 2.17. The zero-order chi connectivity index (χ0) is 13.1. The Morgan fingerprint density at radius 3 is 2.94 bits per heavy atom. The van der Waals surface area contributed by atoms with Crippen LogP contribution in [0.1, 0.15) is 18.5 Å². The second-order valence-corrected chi connectivity index (χ2v) is 3.68. The highest BCUT2D eigenvalue weighted by molar-refractivity contribution is 5.93. The lowest BCUT2D eigenvalue weighted by Crippen LogP contribution is -2.25. The van der Waals surface area contributed by atoms with E-state index in [1.807, 2.05) is 6.07 Å². The molecule has 0 saturated carbocycles. The van der Waals surface area contributed by atoms with Gasteiger partial charge in [-0.2, -0.15) is 15.5 Å². The number of nitrogens with one attached hydrogen (secondary N) is 1. The Labute approximate surface area is 103 Å². The minimum atomic E-state index is -0.519. The van der Waals surface area contributed by atoms with Gasteiger partial charge in [0.2, 0.25) is 5.91 Å². The van der Waals surface area contributed by atoms with Gasteiger partial charge in [0, 0.05) is 7.05 Å². The van der Waals surface area contributed by atoms with E-state index >= 15 is 0 Å². The number of carbonyl (C=O) groups excluding carboxylic acids is 1. The summed E-state index contributed by atoms with van der Waals surface area (Å²) in [6.07, 6.45) is 4.21. The van der Waals surface area contributed by atoms with E-state index in [2.05, 4.69) is 20.5 Å². The number of carbonyl (C=O) groups is 1. The Morgan fingerprint density at radius 2 is 2.33 bits per heavy atom. The fourth-order valence-corrected chi connectivity index (χ4v) is 1.43. The van der Waals surface area contributed by atoms with E-state index < -0.39 is 6.04 Å². The average Bonchev–Trinajstić information content (AvgIpc) is 2.99. The van der Waals surface area contributed by atoms with Gasteiger partial charge in [0.1, 0.15) is 36.1 Å². The van der Waals surface area contributed by atoms with Gasteiger partial charge >= 0.3 is 0 Å².